The molecule has 0 unspecified atom stereocenters. The number of carbonyl (C=O) groups is 1. The van der Waals surface area contributed by atoms with Crippen LogP contribution in [0.1, 0.15) is 13.8 Å². The number of rotatable bonds is 6. The fourth-order valence-electron chi connectivity index (χ4n) is 0.921. The Kier molecular flexibility index (Phi) is 5.89. The van der Waals surface area contributed by atoms with E-state index in [0.29, 0.717) is 5.92 Å². The minimum absolute atomic E-state index is 0.230. The number of carbonyl (C=O) groups excluding carboxylic acids is 1. The lowest BCUT2D eigenvalue weighted by molar-refractivity contribution is -0.117. The van der Waals surface area contributed by atoms with Gasteiger partial charge in [0.25, 0.3) is 0 Å². The summed E-state index contributed by atoms with van der Waals surface area (Å²) in [6, 6.07) is 0. The van der Waals surface area contributed by atoms with Crippen molar-refractivity contribution in [3.8, 4) is 0 Å². The first-order valence-electron chi connectivity index (χ1n) is 4.38. The maximum atomic E-state index is 10.4. The van der Waals surface area contributed by atoms with E-state index in [4.69, 9.17) is 5.73 Å². The topological polar surface area (TPSA) is 55.1 Å². The van der Waals surface area contributed by atoms with Crippen molar-refractivity contribution in [1.82, 2.24) is 5.32 Å². The number of amides is 1. The maximum absolute atomic E-state index is 10.4. The summed E-state index contributed by atoms with van der Waals surface area (Å²) < 4.78 is 0. The normalized spacial score (nSPS) is 13.1. The summed E-state index contributed by atoms with van der Waals surface area (Å²) in [6.45, 7) is 8.86. The van der Waals surface area contributed by atoms with Crippen LogP contribution in [-0.4, -0.2) is 19.0 Å². The van der Waals surface area contributed by atoms with Gasteiger partial charge in [0.15, 0.2) is 0 Å². The van der Waals surface area contributed by atoms with Gasteiger partial charge in [0, 0.05) is 6.54 Å². The number of primary amides is 1. The zero-order valence-corrected chi connectivity index (χ0v) is 8.34. The highest BCUT2D eigenvalue weighted by Crippen LogP contribution is 2.07. The Hall–Kier alpha value is -1.09. The monoisotopic (exact) mass is 182 g/mol. The summed E-state index contributed by atoms with van der Waals surface area (Å²) in [5, 5.41) is 2.95. The zero-order valence-electron chi connectivity index (χ0n) is 8.34. The molecule has 0 aliphatic heterocycles. The summed E-state index contributed by atoms with van der Waals surface area (Å²) in [4.78, 5) is 10.4. The van der Waals surface area contributed by atoms with Gasteiger partial charge in [-0.3, -0.25) is 4.79 Å². The van der Waals surface area contributed by atoms with E-state index in [1.54, 1.807) is 0 Å². The van der Waals surface area contributed by atoms with Gasteiger partial charge < -0.3 is 11.1 Å². The fourth-order valence-corrected chi connectivity index (χ4v) is 0.921. The molecule has 0 spiro atoms. The molecule has 13 heavy (non-hydrogen) atoms. The Bertz CT molecular complexity index is 209. The molecule has 0 bridgehead atoms. The largest absolute Gasteiger partial charge is 0.369 e. The molecule has 3 heteroatoms. The second-order valence-electron chi connectivity index (χ2n) is 3.07. The van der Waals surface area contributed by atoms with Gasteiger partial charge in [-0.25, -0.2) is 0 Å². The third-order valence-electron chi connectivity index (χ3n) is 1.76. The molecular formula is C10H18N2O. The Labute approximate surface area is 79.7 Å². The minimum atomic E-state index is -0.330. The smallest absolute Gasteiger partial charge is 0.231 e. The Morgan fingerprint density at radius 1 is 1.69 bits per heavy atom. The molecule has 3 N–H and O–H groups in total. The average molecular weight is 182 g/mol. The highest BCUT2D eigenvalue weighted by atomic mass is 16.1. The number of allylic oxidation sites excluding steroid dienone is 2. The molecule has 0 saturated heterocycles. The maximum Gasteiger partial charge on any atom is 0.231 e. The number of nitrogens with one attached hydrogen (secondary N) is 1. The van der Waals surface area contributed by atoms with Crippen molar-refractivity contribution in [3.63, 3.8) is 0 Å². The summed E-state index contributed by atoms with van der Waals surface area (Å²) in [6.07, 6.45) is 3.92. The molecule has 0 aromatic rings. The van der Waals surface area contributed by atoms with Gasteiger partial charge in [0.1, 0.15) is 0 Å². The predicted molar refractivity (Wildman–Crippen MR) is 55.2 cm³/mol. The molecule has 0 radical (unpaired) electrons. The van der Waals surface area contributed by atoms with Crippen molar-refractivity contribution in [2.24, 2.45) is 11.7 Å². The zero-order chi connectivity index (χ0) is 10.3. The van der Waals surface area contributed by atoms with Crippen LogP contribution in [-0.2, 0) is 4.79 Å². The molecule has 0 saturated carbocycles. The highest BCUT2D eigenvalue weighted by molar-refractivity contribution is 5.75. The van der Waals surface area contributed by atoms with E-state index in [1.807, 2.05) is 19.1 Å². The van der Waals surface area contributed by atoms with E-state index in [9.17, 15) is 4.79 Å². The van der Waals surface area contributed by atoms with Crippen molar-refractivity contribution in [1.29, 1.82) is 0 Å². The summed E-state index contributed by atoms with van der Waals surface area (Å²) in [5.41, 5.74) is 6.03. The first kappa shape index (κ1) is 11.9. The molecule has 3 nitrogen and oxygen atoms in total. The van der Waals surface area contributed by atoms with E-state index >= 15 is 0 Å². The Balaban J connectivity index is 3.67. The van der Waals surface area contributed by atoms with Gasteiger partial charge in [-0.15, -0.1) is 0 Å². The minimum Gasteiger partial charge on any atom is -0.369 e. The molecule has 1 atom stereocenters. The third kappa shape index (κ3) is 6.11. The second-order valence-corrected chi connectivity index (χ2v) is 3.07. The van der Waals surface area contributed by atoms with Crippen LogP contribution in [0.15, 0.2) is 24.3 Å². The molecule has 0 aromatic heterocycles. The molecule has 0 aliphatic carbocycles. The lowest BCUT2D eigenvalue weighted by atomic mass is 10.0. The van der Waals surface area contributed by atoms with Gasteiger partial charge in [0.05, 0.1) is 6.54 Å². The van der Waals surface area contributed by atoms with E-state index in [2.05, 4.69) is 18.8 Å². The molecule has 0 aliphatic rings. The number of hydrogen-bond donors (Lipinski definition) is 2. The van der Waals surface area contributed by atoms with Crippen LogP contribution in [0, 0.1) is 5.92 Å². The summed E-state index contributed by atoms with van der Waals surface area (Å²) >= 11 is 0. The lowest BCUT2D eigenvalue weighted by Crippen LogP contribution is -2.31. The molecule has 0 heterocycles. The van der Waals surface area contributed by atoms with E-state index in [0.717, 1.165) is 12.1 Å². The van der Waals surface area contributed by atoms with Gasteiger partial charge in [-0.1, -0.05) is 31.2 Å². The standard InChI is InChI=1S/C10H18N2O/c1-4-5-8(2)9(3)6-12-7-10(11)13/h4-5,9,12H,2,6-7H2,1,3H3,(H2,11,13)/b5-4-/t9-/m1/s1. The average Bonchev–Trinajstić information content (AvgIpc) is 2.04. The second kappa shape index (κ2) is 6.43. The molecule has 0 aromatic carbocycles. The molecule has 1 amide bonds. The van der Waals surface area contributed by atoms with Crippen LogP contribution >= 0.6 is 0 Å². The highest BCUT2D eigenvalue weighted by Gasteiger charge is 2.03. The van der Waals surface area contributed by atoms with Crippen LogP contribution in [0.5, 0.6) is 0 Å². The number of nitrogens with two attached hydrogens (primary N) is 1. The van der Waals surface area contributed by atoms with Gasteiger partial charge in [-0.2, -0.15) is 0 Å². The summed E-state index contributed by atoms with van der Waals surface area (Å²) in [7, 11) is 0. The predicted octanol–water partition coefficient (Wildman–Crippen LogP) is 0.830. The molecule has 0 rings (SSSR count). The first-order valence-corrected chi connectivity index (χ1v) is 4.38. The molecule has 0 fully saturated rings. The van der Waals surface area contributed by atoms with Crippen molar-refractivity contribution >= 4 is 5.91 Å². The Morgan fingerprint density at radius 3 is 2.77 bits per heavy atom. The van der Waals surface area contributed by atoms with Crippen molar-refractivity contribution in [2.75, 3.05) is 13.1 Å². The van der Waals surface area contributed by atoms with Crippen LogP contribution in [0.25, 0.3) is 0 Å². The van der Waals surface area contributed by atoms with Crippen molar-refractivity contribution < 1.29 is 4.79 Å². The van der Waals surface area contributed by atoms with Gasteiger partial charge in [-0.05, 0) is 12.8 Å². The van der Waals surface area contributed by atoms with Gasteiger partial charge >= 0.3 is 0 Å². The van der Waals surface area contributed by atoms with Crippen LogP contribution in [0.3, 0.4) is 0 Å². The van der Waals surface area contributed by atoms with Crippen LogP contribution in [0.4, 0.5) is 0 Å². The molecular weight excluding hydrogens is 164 g/mol. The first-order chi connectivity index (χ1) is 6.07. The molecule has 74 valence electrons. The van der Waals surface area contributed by atoms with Crippen molar-refractivity contribution in [3.05, 3.63) is 24.3 Å². The van der Waals surface area contributed by atoms with Crippen molar-refractivity contribution in [2.45, 2.75) is 13.8 Å². The van der Waals surface area contributed by atoms with E-state index in [-0.39, 0.29) is 12.5 Å². The lowest BCUT2D eigenvalue weighted by Gasteiger charge is -2.11. The van der Waals surface area contributed by atoms with E-state index < -0.39 is 0 Å². The third-order valence-corrected chi connectivity index (χ3v) is 1.76. The quantitative estimate of drug-likeness (QED) is 0.598. The van der Waals surface area contributed by atoms with Crippen LogP contribution < -0.4 is 11.1 Å². The fraction of sp³-hybridized carbons (Fsp3) is 0.500. The van der Waals surface area contributed by atoms with Gasteiger partial charge in [0.2, 0.25) is 5.91 Å². The summed E-state index contributed by atoms with van der Waals surface area (Å²) in [5.74, 6) is -0.000559. The van der Waals surface area contributed by atoms with E-state index in [1.165, 1.54) is 0 Å². The Morgan fingerprint density at radius 2 is 2.31 bits per heavy atom. The SMILES string of the molecule is C=C(/C=C\C)[C@H](C)CNCC(N)=O. The van der Waals surface area contributed by atoms with Crippen LogP contribution in [0.2, 0.25) is 0 Å². The number of hydrogen-bond acceptors (Lipinski definition) is 2.